The van der Waals surface area contributed by atoms with Gasteiger partial charge in [-0.25, -0.2) is 4.79 Å². The number of rotatable bonds is 8. The highest BCUT2D eigenvalue weighted by molar-refractivity contribution is 6.30. The Morgan fingerprint density at radius 2 is 1.49 bits per heavy atom. The molecule has 0 aliphatic rings. The molecule has 186 valence electrons. The van der Waals surface area contributed by atoms with Crippen LogP contribution < -0.4 is 15.0 Å². The minimum absolute atomic E-state index is 0.0261. The van der Waals surface area contributed by atoms with Crippen molar-refractivity contribution in [2.24, 2.45) is 0 Å². The second kappa shape index (κ2) is 10.9. The highest BCUT2D eigenvalue weighted by Crippen LogP contribution is 2.25. The molecule has 0 unspecified atom stereocenters. The summed E-state index contributed by atoms with van der Waals surface area (Å²) in [6.45, 7) is 0. The van der Waals surface area contributed by atoms with Gasteiger partial charge < -0.3 is 20.1 Å². The molecule has 4 rings (SSSR count). The van der Waals surface area contributed by atoms with Gasteiger partial charge in [-0.05, 0) is 78.9 Å². The lowest BCUT2D eigenvalue weighted by atomic mass is 10.00. The molecular weight excluding hydrogens is 494 g/mol. The minimum Gasteiger partial charge on any atom is -0.497 e. The van der Waals surface area contributed by atoms with E-state index < -0.39 is 17.7 Å². The average Bonchev–Trinajstić information content (AvgIpc) is 2.93. The highest BCUT2D eigenvalue weighted by Gasteiger charge is 2.18. The van der Waals surface area contributed by atoms with Gasteiger partial charge in [0.15, 0.2) is 0 Å². The predicted molar refractivity (Wildman–Crippen MR) is 142 cm³/mol. The fraction of sp³-hybridized carbons (Fsp3) is 0.0714. The summed E-state index contributed by atoms with van der Waals surface area (Å²) >= 11 is 5.95. The third kappa shape index (κ3) is 5.94. The Balaban J connectivity index is 1.58. The molecule has 0 fully saturated rings. The Morgan fingerprint density at radius 3 is 2.08 bits per heavy atom. The number of ether oxygens (including phenoxy) is 1. The summed E-state index contributed by atoms with van der Waals surface area (Å²) in [7, 11) is 3.38. The molecule has 1 amide bonds. The van der Waals surface area contributed by atoms with E-state index >= 15 is 0 Å². The molecule has 0 saturated carbocycles. The molecule has 0 bridgehead atoms. The van der Waals surface area contributed by atoms with Crippen LogP contribution in [-0.4, -0.2) is 41.9 Å². The number of carboxylic acids is 1. The number of pyridine rings is 1. The van der Waals surface area contributed by atoms with Crippen LogP contribution in [0.2, 0.25) is 5.02 Å². The summed E-state index contributed by atoms with van der Waals surface area (Å²) < 4.78 is 5.10. The van der Waals surface area contributed by atoms with Gasteiger partial charge in [0.05, 0.1) is 24.6 Å². The van der Waals surface area contributed by atoms with E-state index in [0.29, 0.717) is 16.5 Å². The van der Waals surface area contributed by atoms with Crippen LogP contribution in [-0.2, 0) is 0 Å². The van der Waals surface area contributed by atoms with Gasteiger partial charge in [-0.1, -0.05) is 11.6 Å². The number of hydrogen-bond acceptors (Lipinski definition) is 6. The molecule has 0 radical (unpaired) electrons. The molecule has 4 aromatic rings. The summed E-state index contributed by atoms with van der Waals surface area (Å²) in [5, 5.41) is 12.9. The Morgan fingerprint density at radius 1 is 0.865 bits per heavy atom. The van der Waals surface area contributed by atoms with E-state index in [2.05, 4.69) is 10.3 Å². The monoisotopic (exact) mass is 515 g/mol. The largest absolute Gasteiger partial charge is 0.497 e. The number of anilines is 3. The van der Waals surface area contributed by atoms with Crippen LogP contribution in [0.25, 0.3) is 0 Å². The number of aromatic carboxylic acids is 1. The zero-order valence-corrected chi connectivity index (χ0v) is 20.7. The van der Waals surface area contributed by atoms with Crippen molar-refractivity contribution in [1.82, 2.24) is 4.98 Å². The first-order chi connectivity index (χ1) is 17.7. The van der Waals surface area contributed by atoms with E-state index in [9.17, 15) is 19.5 Å². The van der Waals surface area contributed by atoms with Crippen molar-refractivity contribution in [2.75, 3.05) is 24.4 Å². The number of benzene rings is 3. The first-order valence-corrected chi connectivity index (χ1v) is 11.5. The molecule has 0 aliphatic heterocycles. The lowest BCUT2D eigenvalue weighted by Gasteiger charge is -2.19. The second-order valence-electron chi connectivity index (χ2n) is 8.05. The summed E-state index contributed by atoms with van der Waals surface area (Å²) in [6, 6.07) is 21.0. The lowest BCUT2D eigenvalue weighted by molar-refractivity contribution is 0.0697. The second-order valence-corrected chi connectivity index (χ2v) is 8.49. The molecular formula is C28H22ClN3O5. The Bertz CT molecular complexity index is 1450. The van der Waals surface area contributed by atoms with Crippen molar-refractivity contribution in [2.45, 2.75) is 0 Å². The smallest absolute Gasteiger partial charge is 0.335 e. The number of amides is 1. The number of nitrogens with zero attached hydrogens (tertiary/aromatic N) is 2. The van der Waals surface area contributed by atoms with Crippen molar-refractivity contribution >= 4 is 46.3 Å². The van der Waals surface area contributed by atoms with Crippen molar-refractivity contribution in [3.05, 3.63) is 112 Å². The molecule has 37 heavy (non-hydrogen) atoms. The molecule has 3 aromatic carbocycles. The molecule has 2 N–H and O–H groups in total. The summed E-state index contributed by atoms with van der Waals surface area (Å²) in [5.74, 6) is -1.71. The molecule has 1 heterocycles. The highest BCUT2D eigenvalue weighted by atomic mass is 35.5. The molecule has 9 heteroatoms. The number of ketones is 1. The first-order valence-electron chi connectivity index (χ1n) is 11.1. The van der Waals surface area contributed by atoms with Crippen LogP contribution in [0.3, 0.4) is 0 Å². The normalized spacial score (nSPS) is 10.5. The van der Waals surface area contributed by atoms with E-state index in [1.54, 1.807) is 54.7 Å². The molecule has 0 spiro atoms. The SMILES string of the molecule is COc1ccc(NC(=O)c2cc(C(=O)O)cc(C(=O)c3ccc(N(C)c4ccc(Cl)cc4)cn3)c2)cc1. The van der Waals surface area contributed by atoms with Gasteiger partial charge in [0, 0.05) is 34.6 Å². The van der Waals surface area contributed by atoms with Gasteiger partial charge in [-0.15, -0.1) is 0 Å². The van der Waals surface area contributed by atoms with Crippen molar-refractivity contribution in [3.63, 3.8) is 0 Å². The fourth-order valence-corrected chi connectivity index (χ4v) is 3.70. The molecule has 0 atom stereocenters. The zero-order valence-electron chi connectivity index (χ0n) is 19.9. The average molecular weight is 516 g/mol. The van der Waals surface area contributed by atoms with Crippen LogP contribution in [0.5, 0.6) is 5.75 Å². The number of carboxylic acid groups (broad SMARTS) is 1. The maximum atomic E-state index is 13.2. The summed E-state index contributed by atoms with van der Waals surface area (Å²) in [4.78, 5) is 43.9. The van der Waals surface area contributed by atoms with Gasteiger partial charge >= 0.3 is 5.97 Å². The number of halogens is 1. The van der Waals surface area contributed by atoms with E-state index in [1.165, 1.54) is 25.3 Å². The third-order valence-electron chi connectivity index (χ3n) is 5.63. The van der Waals surface area contributed by atoms with Crippen molar-refractivity contribution < 1.29 is 24.2 Å². The molecule has 0 aliphatic carbocycles. The van der Waals surface area contributed by atoms with Gasteiger partial charge in [0.1, 0.15) is 11.4 Å². The Labute approximate surface area is 218 Å². The summed E-state index contributed by atoms with van der Waals surface area (Å²) in [6.07, 6.45) is 1.54. The molecule has 0 saturated heterocycles. The van der Waals surface area contributed by atoms with E-state index in [1.807, 2.05) is 24.1 Å². The van der Waals surface area contributed by atoms with Crippen LogP contribution in [0.1, 0.15) is 36.8 Å². The molecule has 8 nitrogen and oxygen atoms in total. The van der Waals surface area contributed by atoms with Gasteiger partial charge in [0.25, 0.3) is 5.91 Å². The van der Waals surface area contributed by atoms with E-state index in [0.717, 1.165) is 11.4 Å². The molecule has 1 aromatic heterocycles. The topological polar surface area (TPSA) is 109 Å². The Hall–Kier alpha value is -4.69. The maximum absolute atomic E-state index is 13.2. The van der Waals surface area contributed by atoms with E-state index in [4.69, 9.17) is 16.3 Å². The standard InChI is InChI=1S/C28H22ClN3O5/c1-32(22-7-3-20(29)4-8-22)23-9-12-25(30-16-23)26(33)17-13-18(15-19(14-17)28(35)36)27(34)31-21-5-10-24(37-2)11-6-21/h3-16H,1-2H3,(H,31,34)(H,35,36). The number of carbonyl (C=O) groups is 3. The van der Waals surface area contributed by atoms with Gasteiger partial charge in [0.2, 0.25) is 5.78 Å². The zero-order chi connectivity index (χ0) is 26.5. The summed E-state index contributed by atoms with van der Waals surface area (Å²) in [5.41, 5.74) is 2.08. The number of methoxy groups -OCH3 is 1. The lowest BCUT2D eigenvalue weighted by Crippen LogP contribution is -2.15. The number of carbonyl (C=O) groups excluding carboxylic acids is 2. The third-order valence-corrected chi connectivity index (χ3v) is 5.89. The van der Waals surface area contributed by atoms with E-state index in [-0.39, 0.29) is 22.4 Å². The Kier molecular flexibility index (Phi) is 7.50. The number of nitrogens with one attached hydrogen (secondary N) is 1. The quantitative estimate of drug-likeness (QED) is 0.290. The van der Waals surface area contributed by atoms with Crippen LogP contribution in [0.15, 0.2) is 85.1 Å². The van der Waals surface area contributed by atoms with Crippen molar-refractivity contribution in [3.8, 4) is 5.75 Å². The van der Waals surface area contributed by atoms with Crippen molar-refractivity contribution in [1.29, 1.82) is 0 Å². The van der Waals surface area contributed by atoms with Gasteiger partial charge in [-0.3, -0.25) is 14.6 Å². The maximum Gasteiger partial charge on any atom is 0.335 e. The van der Waals surface area contributed by atoms with Crippen LogP contribution >= 0.6 is 11.6 Å². The number of aromatic nitrogens is 1. The van der Waals surface area contributed by atoms with Gasteiger partial charge in [-0.2, -0.15) is 0 Å². The number of hydrogen-bond donors (Lipinski definition) is 2. The minimum atomic E-state index is -1.26. The van der Waals surface area contributed by atoms with Crippen LogP contribution in [0.4, 0.5) is 17.1 Å². The van der Waals surface area contributed by atoms with Crippen LogP contribution in [0, 0.1) is 0 Å². The predicted octanol–water partition coefficient (Wildman–Crippen LogP) is 5.69. The first kappa shape index (κ1) is 25.4. The fourth-order valence-electron chi connectivity index (χ4n) is 3.57.